The van der Waals surface area contributed by atoms with Crippen molar-refractivity contribution >= 4 is 11.9 Å². The predicted octanol–water partition coefficient (Wildman–Crippen LogP) is 2.11. The van der Waals surface area contributed by atoms with Crippen LogP contribution in [0.5, 0.6) is 0 Å². The zero-order valence-electron chi connectivity index (χ0n) is 26.9. The maximum atomic E-state index is 12.9. The number of fused-ring (bicyclic) bond motifs is 5. The molecule has 2 heterocycles. The normalized spacial score (nSPS) is 46.3. The second-order valence-electron chi connectivity index (χ2n) is 15.6. The fourth-order valence-electron chi connectivity index (χ4n) is 11.5. The van der Waals surface area contributed by atoms with E-state index in [4.69, 9.17) is 14.2 Å². The Labute approximate surface area is 264 Å². The summed E-state index contributed by atoms with van der Waals surface area (Å²) in [6, 6.07) is 0.416. The van der Waals surface area contributed by atoms with Crippen molar-refractivity contribution in [3.63, 3.8) is 0 Å². The minimum atomic E-state index is -0.159. The fraction of sp³-hybridized carbons (Fsp3) is 0.941. The molecule has 8 heteroatoms. The van der Waals surface area contributed by atoms with E-state index < -0.39 is 0 Å². The van der Waals surface area contributed by atoms with Gasteiger partial charge >= 0.3 is 11.9 Å². The number of ether oxygens (including phenoxy) is 3. The van der Waals surface area contributed by atoms with Crippen molar-refractivity contribution in [3.8, 4) is 0 Å². The molecule has 0 aromatic heterocycles. The van der Waals surface area contributed by atoms with Gasteiger partial charge in [-0.3, -0.25) is 9.59 Å². The lowest BCUT2D eigenvalue weighted by atomic mass is 9.44. The van der Waals surface area contributed by atoms with Crippen LogP contribution in [0.3, 0.4) is 0 Å². The number of carbonyl (C=O) groups is 2. The van der Waals surface area contributed by atoms with Gasteiger partial charge in [0.05, 0.1) is 32.8 Å². The van der Waals surface area contributed by atoms with E-state index in [9.17, 15) is 9.59 Å². The Kier molecular flexibility index (Phi) is 9.80. The number of carbonyl (C=O) groups excluding carboxylic acids is 2. The number of piperidine rings is 1. The second-order valence-corrected chi connectivity index (χ2v) is 15.6. The van der Waals surface area contributed by atoms with Crippen molar-refractivity contribution in [2.24, 2.45) is 40.4 Å². The standard InChI is InChI=1S/C34H57N2O5.BrH/c1-6-31(38)41-32-28(36(5)15-8-7-9-16-36)19-27-24-11-10-23-18-29(40-22(2)37)25(30-21-35-14-17-39-30)20-34(23,4)26(24)12-13-33(27,32)3;/h23-30,32,35H,6-21H2,1-5H3;1H/q+1;/p-1/t23-,24+,25-,26-,27-,28-,29-,30?,32-,33-,34-;/m0./s1. The molecule has 4 aliphatic carbocycles. The number of esters is 2. The van der Waals surface area contributed by atoms with Crippen LogP contribution in [0, 0.1) is 40.4 Å². The van der Waals surface area contributed by atoms with Crippen LogP contribution in [0.2, 0.25) is 0 Å². The summed E-state index contributed by atoms with van der Waals surface area (Å²) in [7, 11) is 2.46. The van der Waals surface area contributed by atoms with E-state index in [1.807, 2.05) is 6.92 Å². The van der Waals surface area contributed by atoms with Crippen LogP contribution < -0.4 is 22.3 Å². The summed E-state index contributed by atoms with van der Waals surface area (Å²) < 4.78 is 19.9. The molecule has 1 N–H and O–H groups in total. The highest BCUT2D eigenvalue weighted by Gasteiger charge is 2.67. The van der Waals surface area contributed by atoms with E-state index in [0.717, 1.165) is 43.4 Å². The van der Waals surface area contributed by atoms with Gasteiger partial charge in [-0.2, -0.15) is 0 Å². The number of hydrogen-bond donors (Lipinski definition) is 1. The minimum absolute atomic E-state index is 0. The van der Waals surface area contributed by atoms with Gasteiger partial charge in [-0.15, -0.1) is 0 Å². The Bertz CT molecular complexity index is 983. The molecular formula is C34H57BrN2O5. The molecule has 0 radical (unpaired) electrons. The Morgan fingerprint density at radius 1 is 0.976 bits per heavy atom. The van der Waals surface area contributed by atoms with Crippen LogP contribution in [-0.4, -0.2) is 80.6 Å². The molecule has 11 atom stereocenters. The zero-order chi connectivity index (χ0) is 29.0. The molecule has 0 amide bonds. The molecule has 6 aliphatic rings. The smallest absolute Gasteiger partial charge is 0.306 e. The summed E-state index contributed by atoms with van der Waals surface area (Å²) in [4.78, 5) is 25.0. The number of morpholine rings is 1. The molecule has 1 unspecified atom stereocenters. The van der Waals surface area contributed by atoms with Gasteiger partial charge in [0.2, 0.25) is 0 Å². The van der Waals surface area contributed by atoms with Gasteiger partial charge in [0, 0.05) is 44.2 Å². The van der Waals surface area contributed by atoms with Crippen molar-refractivity contribution in [2.45, 2.75) is 123 Å². The average Bonchev–Trinajstić information content (AvgIpc) is 3.26. The van der Waals surface area contributed by atoms with E-state index in [2.05, 4.69) is 26.2 Å². The van der Waals surface area contributed by atoms with Gasteiger partial charge in [-0.1, -0.05) is 20.8 Å². The molecule has 0 aromatic carbocycles. The third-order valence-corrected chi connectivity index (χ3v) is 13.6. The van der Waals surface area contributed by atoms with Gasteiger partial charge in [0.25, 0.3) is 0 Å². The SMILES string of the molecule is CCC(=O)O[C@H]1[C@@H]([N+]2(C)CCCCC2)C[C@H]2[C@@H]3CC[C@H]4C[C@H](OC(C)=O)[C@@H](C5CNCCO5)C[C@]4(C)[C@H]3CC[C@@]21C.[Br-]. The molecule has 42 heavy (non-hydrogen) atoms. The van der Waals surface area contributed by atoms with E-state index >= 15 is 0 Å². The lowest BCUT2D eigenvalue weighted by Crippen LogP contribution is -3.00. The molecule has 2 saturated heterocycles. The Morgan fingerprint density at radius 3 is 2.40 bits per heavy atom. The molecule has 7 nitrogen and oxygen atoms in total. The number of quaternary nitrogens is 1. The second kappa shape index (κ2) is 12.6. The van der Waals surface area contributed by atoms with E-state index in [1.54, 1.807) is 6.92 Å². The lowest BCUT2D eigenvalue weighted by Gasteiger charge is -2.62. The largest absolute Gasteiger partial charge is 1.00 e. The quantitative estimate of drug-likeness (QED) is 0.362. The summed E-state index contributed by atoms with van der Waals surface area (Å²) in [5.74, 6) is 2.60. The molecule has 0 aromatic rings. The van der Waals surface area contributed by atoms with Crippen molar-refractivity contribution < 1.29 is 45.3 Å². The average molecular weight is 654 g/mol. The Balaban J connectivity index is 0.00000353. The third kappa shape index (κ3) is 5.62. The third-order valence-electron chi connectivity index (χ3n) is 13.6. The van der Waals surface area contributed by atoms with Crippen molar-refractivity contribution in [2.75, 3.05) is 39.8 Å². The van der Waals surface area contributed by atoms with Crippen LogP contribution in [0.4, 0.5) is 0 Å². The van der Waals surface area contributed by atoms with E-state index in [0.29, 0.717) is 36.1 Å². The topological polar surface area (TPSA) is 73.9 Å². The first-order valence-corrected chi connectivity index (χ1v) is 17.1. The first kappa shape index (κ1) is 32.7. The van der Waals surface area contributed by atoms with Crippen LogP contribution in [-0.2, 0) is 23.8 Å². The van der Waals surface area contributed by atoms with Crippen LogP contribution in [0.25, 0.3) is 0 Å². The molecule has 0 bridgehead atoms. The molecule has 4 saturated carbocycles. The molecule has 0 spiro atoms. The van der Waals surface area contributed by atoms with Crippen LogP contribution >= 0.6 is 0 Å². The number of likely N-dealkylation sites (tertiary alicyclic amines) is 1. The maximum Gasteiger partial charge on any atom is 0.306 e. The van der Waals surface area contributed by atoms with Crippen LogP contribution in [0.1, 0.15) is 98.3 Å². The van der Waals surface area contributed by atoms with Crippen molar-refractivity contribution in [1.29, 1.82) is 0 Å². The molecule has 6 fully saturated rings. The summed E-state index contributed by atoms with van der Waals surface area (Å²) in [6.07, 6.45) is 12.6. The van der Waals surface area contributed by atoms with Gasteiger partial charge < -0.3 is 41.0 Å². The predicted molar refractivity (Wildman–Crippen MR) is 158 cm³/mol. The Hall–Kier alpha value is -0.700. The summed E-state index contributed by atoms with van der Waals surface area (Å²) in [5.41, 5.74) is 0.285. The summed E-state index contributed by atoms with van der Waals surface area (Å²) in [6.45, 7) is 13.5. The van der Waals surface area contributed by atoms with Gasteiger partial charge in [0.15, 0.2) is 6.10 Å². The Morgan fingerprint density at radius 2 is 1.74 bits per heavy atom. The number of nitrogens with zero attached hydrogens (tertiary/aromatic N) is 1. The molecule has 2 aliphatic heterocycles. The molecule has 240 valence electrons. The van der Waals surface area contributed by atoms with Gasteiger partial charge in [0.1, 0.15) is 12.1 Å². The first-order valence-electron chi connectivity index (χ1n) is 17.1. The molecule has 6 rings (SSSR count). The monoisotopic (exact) mass is 652 g/mol. The van der Waals surface area contributed by atoms with Crippen molar-refractivity contribution in [1.82, 2.24) is 5.32 Å². The highest BCUT2D eigenvalue weighted by atomic mass is 79.9. The molecular weight excluding hydrogens is 596 g/mol. The number of nitrogens with one attached hydrogen (secondary N) is 1. The summed E-state index contributed by atoms with van der Waals surface area (Å²) >= 11 is 0. The number of halogens is 1. The van der Waals surface area contributed by atoms with E-state index in [-0.39, 0.29) is 64.0 Å². The number of rotatable bonds is 5. The van der Waals surface area contributed by atoms with Gasteiger partial charge in [-0.25, -0.2) is 0 Å². The number of hydrogen-bond acceptors (Lipinski definition) is 6. The van der Waals surface area contributed by atoms with Gasteiger partial charge in [-0.05, 0) is 86.9 Å². The minimum Gasteiger partial charge on any atom is -1.00 e. The maximum absolute atomic E-state index is 12.9. The zero-order valence-corrected chi connectivity index (χ0v) is 28.5. The summed E-state index contributed by atoms with van der Waals surface area (Å²) in [5, 5.41) is 3.54. The van der Waals surface area contributed by atoms with E-state index in [1.165, 1.54) is 58.0 Å². The van der Waals surface area contributed by atoms with Crippen molar-refractivity contribution in [3.05, 3.63) is 0 Å². The highest BCUT2D eigenvalue weighted by molar-refractivity contribution is 5.69. The lowest BCUT2D eigenvalue weighted by molar-refractivity contribution is -0.940. The first-order chi connectivity index (χ1) is 19.6. The van der Waals surface area contributed by atoms with Crippen LogP contribution in [0.15, 0.2) is 0 Å². The number of likely N-dealkylation sites (N-methyl/N-ethyl adjacent to an activating group) is 1. The fourth-order valence-corrected chi connectivity index (χ4v) is 11.5. The highest BCUT2D eigenvalue weighted by Crippen LogP contribution is 2.68.